The van der Waals surface area contributed by atoms with Gasteiger partial charge in [0.15, 0.2) is 5.16 Å². The van der Waals surface area contributed by atoms with Gasteiger partial charge in [0.1, 0.15) is 23.1 Å². The highest BCUT2D eigenvalue weighted by molar-refractivity contribution is 7.99. The van der Waals surface area contributed by atoms with E-state index in [1.165, 1.54) is 22.7 Å². The number of carbonyl (C=O) groups is 1. The van der Waals surface area contributed by atoms with E-state index in [4.69, 9.17) is 0 Å². The van der Waals surface area contributed by atoms with Crippen molar-refractivity contribution in [2.24, 2.45) is 0 Å². The van der Waals surface area contributed by atoms with Gasteiger partial charge in [-0.05, 0) is 36.4 Å². The first-order valence-electron chi connectivity index (χ1n) is 8.44. The van der Waals surface area contributed by atoms with E-state index < -0.39 is 23.2 Å². The number of aromatic nitrogens is 3. The molecule has 140 valence electrons. The second kappa shape index (κ2) is 7.77. The Labute approximate surface area is 162 Å². The van der Waals surface area contributed by atoms with Crippen molar-refractivity contribution in [2.45, 2.75) is 30.5 Å². The number of amides is 1. The van der Waals surface area contributed by atoms with Gasteiger partial charge in [0.2, 0.25) is 5.91 Å². The van der Waals surface area contributed by atoms with Crippen LogP contribution in [0.4, 0.5) is 14.5 Å². The van der Waals surface area contributed by atoms with Crippen molar-refractivity contribution in [2.75, 3.05) is 11.1 Å². The standard InChI is InChI=1S/C18H16F2N4OS2/c19-13-4-1-5-14(20)17(13)21-16(25)10-27-18-23-22-15(24(18)11-6-7-11)9-12-3-2-8-26-12/h1-5,8,11H,6-7,9-10H2,(H,21,25). The average Bonchev–Trinajstić information content (AvgIpc) is 3.20. The molecule has 0 saturated heterocycles. The molecule has 1 aliphatic rings. The molecule has 2 aromatic heterocycles. The molecule has 0 bridgehead atoms. The van der Waals surface area contributed by atoms with E-state index in [1.807, 2.05) is 11.4 Å². The van der Waals surface area contributed by atoms with E-state index in [1.54, 1.807) is 11.3 Å². The zero-order chi connectivity index (χ0) is 18.8. The zero-order valence-electron chi connectivity index (χ0n) is 14.2. The molecule has 0 spiro atoms. The molecular formula is C18H16F2N4OS2. The number of anilines is 1. The number of nitrogens with one attached hydrogen (secondary N) is 1. The molecule has 0 unspecified atom stereocenters. The Morgan fingerprint density at radius 2 is 2.00 bits per heavy atom. The van der Waals surface area contributed by atoms with Crippen molar-refractivity contribution < 1.29 is 13.6 Å². The molecule has 4 rings (SSSR count). The monoisotopic (exact) mass is 406 g/mol. The summed E-state index contributed by atoms with van der Waals surface area (Å²) in [5, 5.41) is 13.5. The van der Waals surface area contributed by atoms with Gasteiger partial charge in [0, 0.05) is 17.3 Å². The first-order valence-corrected chi connectivity index (χ1v) is 10.3. The summed E-state index contributed by atoms with van der Waals surface area (Å²) in [5.41, 5.74) is -0.426. The number of para-hydroxylation sites is 1. The van der Waals surface area contributed by atoms with Crippen LogP contribution >= 0.6 is 23.1 Å². The van der Waals surface area contributed by atoms with Crippen LogP contribution < -0.4 is 5.32 Å². The Morgan fingerprint density at radius 3 is 2.67 bits per heavy atom. The van der Waals surface area contributed by atoms with Crippen molar-refractivity contribution in [1.29, 1.82) is 0 Å². The number of carbonyl (C=O) groups excluding carboxylic acids is 1. The molecule has 0 radical (unpaired) electrons. The minimum atomic E-state index is -0.798. The lowest BCUT2D eigenvalue weighted by atomic mass is 10.3. The molecule has 3 aromatic rings. The van der Waals surface area contributed by atoms with Gasteiger partial charge in [-0.15, -0.1) is 21.5 Å². The van der Waals surface area contributed by atoms with Crippen molar-refractivity contribution in [3.8, 4) is 0 Å². The van der Waals surface area contributed by atoms with Gasteiger partial charge in [0.25, 0.3) is 0 Å². The van der Waals surface area contributed by atoms with Crippen molar-refractivity contribution in [1.82, 2.24) is 14.8 Å². The second-order valence-electron chi connectivity index (χ2n) is 6.19. The number of nitrogens with zero attached hydrogens (tertiary/aromatic N) is 3. The van der Waals surface area contributed by atoms with E-state index in [2.05, 4.69) is 26.1 Å². The summed E-state index contributed by atoms with van der Waals surface area (Å²) >= 11 is 2.89. The van der Waals surface area contributed by atoms with Gasteiger partial charge in [-0.3, -0.25) is 4.79 Å². The predicted molar refractivity (Wildman–Crippen MR) is 101 cm³/mol. The number of hydrogen-bond acceptors (Lipinski definition) is 5. The SMILES string of the molecule is O=C(CSc1nnc(Cc2cccs2)n1C1CC1)Nc1c(F)cccc1F. The predicted octanol–water partition coefficient (Wildman–Crippen LogP) is 4.27. The van der Waals surface area contributed by atoms with Gasteiger partial charge in [-0.1, -0.05) is 23.9 Å². The molecule has 0 atom stereocenters. The Balaban J connectivity index is 1.43. The first kappa shape index (κ1) is 18.1. The van der Waals surface area contributed by atoms with Crippen LogP contribution in [0.15, 0.2) is 40.9 Å². The topological polar surface area (TPSA) is 59.8 Å². The number of benzene rings is 1. The van der Waals surface area contributed by atoms with Gasteiger partial charge in [-0.25, -0.2) is 8.78 Å². The van der Waals surface area contributed by atoms with E-state index in [-0.39, 0.29) is 5.75 Å². The van der Waals surface area contributed by atoms with Crippen molar-refractivity contribution >= 4 is 34.7 Å². The molecule has 1 N–H and O–H groups in total. The normalized spacial score (nSPS) is 13.7. The molecule has 2 heterocycles. The van der Waals surface area contributed by atoms with Crippen LogP contribution in [0.2, 0.25) is 0 Å². The van der Waals surface area contributed by atoms with Crippen molar-refractivity contribution in [3.63, 3.8) is 0 Å². The summed E-state index contributed by atoms with van der Waals surface area (Å²) in [6, 6.07) is 7.88. The largest absolute Gasteiger partial charge is 0.320 e. The first-order chi connectivity index (χ1) is 13.1. The summed E-state index contributed by atoms with van der Waals surface area (Å²) in [4.78, 5) is 13.3. The number of halogens is 2. The lowest BCUT2D eigenvalue weighted by molar-refractivity contribution is -0.113. The van der Waals surface area contributed by atoms with Crippen LogP contribution in [0.3, 0.4) is 0 Å². The summed E-state index contributed by atoms with van der Waals surface area (Å²) < 4.78 is 29.4. The van der Waals surface area contributed by atoms with Crippen LogP contribution in [0.5, 0.6) is 0 Å². The molecule has 5 nitrogen and oxygen atoms in total. The number of rotatable bonds is 7. The van der Waals surface area contributed by atoms with Crippen LogP contribution in [0.1, 0.15) is 29.6 Å². The second-order valence-corrected chi connectivity index (χ2v) is 8.16. The van der Waals surface area contributed by atoms with Gasteiger partial charge >= 0.3 is 0 Å². The third kappa shape index (κ3) is 4.19. The quantitative estimate of drug-likeness (QED) is 0.595. The van der Waals surface area contributed by atoms with Gasteiger partial charge < -0.3 is 9.88 Å². The summed E-state index contributed by atoms with van der Waals surface area (Å²) in [5.74, 6) is -1.21. The van der Waals surface area contributed by atoms with Crippen LogP contribution in [0, 0.1) is 11.6 Å². The zero-order valence-corrected chi connectivity index (χ0v) is 15.8. The Morgan fingerprint density at radius 1 is 1.22 bits per heavy atom. The van der Waals surface area contributed by atoms with Gasteiger partial charge in [0.05, 0.1) is 5.75 Å². The highest BCUT2D eigenvalue weighted by atomic mass is 32.2. The van der Waals surface area contributed by atoms with E-state index in [0.29, 0.717) is 17.6 Å². The van der Waals surface area contributed by atoms with E-state index >= 15 is 0 Å². The third-order valence-electron chi connectivity index (χ3n) is 4.12. The lowest BCUT2D eigenvalue weighted by Crippen LogP contribution is -2.16. The maximum atomic E-state index is 13.6. The molecule has 1 fully saturated rings. The number of hydrogen-bond donors (Lipinski definition) is 1. The summed E-state index contributed by atoms with van der Waals surface area (Å²) in [7, 11) is 0. The fourth-order valence-corrected chi connectivity index (χ4v) is 4.24. The summed E-state index contributed by atoms with van der Waals surface area (Å²) in [6.45, 7) is 0. The van der Waals surface area contributed by atoms with E-state index in [9.17, 15) is 13.6 Å². The summed E-state index contributed by atoms with van der Waals surface area (Å²) in [6.07, 6.45) is 2.83. The highest BCUT2D eigenvalue weighted by Gasteiger charge is 2.30. The fraction of sp³-hybridized carbons (Fsp3) is 0.278. The number of thiophene rings is 1. The van der Waals surface area contributed by atoms with Crippen LogP contribution in [-0.4, -0.2) is 26.4 Å². The highest BCUT2D eigenvalue weighted by Crippen LogP contribution is 2.39. The maximum Gasteiger partial charge on any atom is 0.235 e. The Kier molecular flexibility index (Phi) is 5.22. The average molecular weight is 406 g/mol. The van der Waals surface area contributed by atoms with Crippen LogP contribution in [0.25, 0.3) is 0 Å². The molecule has 9 heteroatoms. The third-order valence-corrected chi connectivity index (χ3v) is 5.94. The van der Waals surface area contributed by atoms with Gasteiger partial charge in [-0.2, -0.15) is 0 Å². The molecule has 27 heavy (non-hydrogen) atoms. The van der Waals surface area contributed by atoms with Crippen molar-refractivity contribution in [3.05, 3.63) is 58.0 Å². The minimum Gasteiger partial charge on any atom is -0.320 e. The molecule has 1 amide bonds. The molecule has 1 saturated carbocycles. The maximum absolute atomic E-state index is 13.6. The Bertz CT molecular complexity index is 934. The molecule has 1 aromatic carbocycles. The molecule has 1 aliphatic carbocycles. The van der Waals surface area contributed by atoms with E-state index in [0.717, 1.165) is 30.8 Å². The smallest absolute Gasteiger partial charge is 0.235 e. The lowest BCUT2D eigenvalue weighted by Gasteiger charge is -2.09. The molecular weight excluding hydrogens is 390 g/mol. The molecule has 0 aliphatic heterocycles. The Hall–Kier alpha value is -2.26. The number of thioether (sulfide) groups is 1. The minimum absolute atomic E-state index is 0.00235. The fourth-order valence-electron chi connectivity index (χ4n) is 2.72. The van der Waals surface area contributed by atoms with Crippen LogP contribution in [-0.2, 0) is 11.2 Å².